The molecule has 1 aliphatic rings. The Morgan fingerprint density at radius 1 is 1.06 bits per heavy atom. The molecule has 0 aromatic heterocycles. The van der Waals surface area contributed by atoms with Crippen molar-refractivity contribution >= 4 is 35.1 Å². The lowest BCUT2D eigenvalue weighted by Crippen LogP contribution is -2.28. The Morgan fingerprint density at radius 2 is 1.75 bits per heavy atom. The SMILES string of the molecule is CCOc1ccc(N2C[C@H](C(=O)OCC(=O)Nc3ccc(C(=O)OC)cc3)CC2=O)cc1. The van der Waals surface area contributed by atoms with Gasteiger partial charge >= 0.3 is 11.9 Å². The highest BCUT2D eigenvalue weighted by Crippen LogP contribution is 2.27. The first-order chi connectivity index (χ1) is 15.4. The average Bonchev–Trinajstić information content (AvgIpc) is 3.20. The third kappa shape index (κ3) is 5.63. The van der Waals surface area contributed by atoms with Crippen molar-refractivity contribution in [3.05, 3.63) is 54.1 Å². The van der Waals surface area contributed by atoms with E-state index in [1.165, 1.54) is 36.3 Å². The van der Waals surface area contributed by atoms with Gasteiger partial charge in [0.1, 0.15) is 5.75 Å². The largest absolute Gasteiger partial charge is 0.494 e. The summed E-state index contributed by atoms with van der Waals surface area (Å²) in [7, 11) is 1.28. The third-order valence-electron chi connectivity index (χ3n) is 4.85. The van der Waals surface area contributed by atoms with Gasteiger partial charge in [-0.2, -0.15) is 0 Å². The van der Waals surface area contributed by atoms with E-state index in [4.69, 9.17) is 9.47 Å². The number of carbonyl (C=O) groups excluding carboxylic acids is 4. The summed E-state index contributed by atoms with van der Waals surface area (Å²) >= 11 is 0. The van der Waals surface area contributed by atoms with Crippen LogP contribution in [0.25, 0.3) is 0 Å². The van der Waals surface area contributed by atoms with Gasteiger partial charge in [0.05, 0.1) is 25.2 Å². The highest BCUT2D eigenvalue weighted by Gasteiger charge is 2.36. The number of ether oxygens (including phenoxy) is 3. The van der Waals surface area contributed by atoms with Crippen molar-refractivity contribution in [3.8, 4) is 5.75 Å². The van der Waals surface area contributed by atoms with Crippen molar-refractivity contribution in [2.75, 3.05) is 37.1 Å². The van der Waals surface area contributed by atoms with Crippen LogP contribution in [0.4, 0.5) is 11.4 Å². The van der Waals surface area contributed by atoms with Gasteiger partial charge < -0.3 is 24.4 Å². The molecule has 32 heavy (non-hydrogen) atoms. The number of nitrogens with one attached hydrogen (secondary N) is 1. The highest BCUT2D eigenvalue weighted by atomic mass is 16.5. The Labute approximate surface area is 185 Å². The number of nitrogens with zero attached hydrogens (tertiary/aromatic N) is 1. The summed E-state index contributed by atoms with van der Waals surface area (Å²) in [5.41, 5.74) is 1.46. The number of hydrogen-bond acceptors (Lipinski definition) is 7. The first-order valence-corrected chi connectivity index (χ1v) is 10.1. The van der Waals surface area contributed by atoms with Crippen LogP contribution in [0, 0.1) is 5.92 Å². The Balaban J connectivity index is 1.49. The molecule has 1 fully saturated rings. The van der Waals surface area contributed by atoms with Crippen molar-refractivity contribution in [2.24, 2.45) is 5.92 Å². The van der Waals surface area contributed by atoms with E-state index in [0.717, 1.165) is 0 Å². The minimum absolute atomic E-state index is 0.0165. The van der Waals surface area contributed by atoms with E-state index in [2.05, 4.69) is 10.1 Å². The van der Waals surface area contributed by atoms with Crippen LogP contribution in [0.15, 0.2) is 48.5 Å². The van der Waals surface area contributed by atoms with Crippen molar-refractivity contribution in [1.82, 2.24) is 0 Å². The topological polar surface area (TPSA) is 111 Å². The maximum absolute atomic E-state index is 12.4. The van der Waals surface area contributed by atoms with E-state index < -0.39 is 30.4 Å². The molecule has 0 unspecified atom stereocenters. The smallest absolute Gasteiger partial charge is 0.337 e. The molecule has 0 radical (unpaired) electrons. The number of methoxy groups -OCH3 is 1. The molecule has 2 amide bonds. The second-order valence-electron chi connectivity index (χ2n) is 7.06. The molecule has 1 atom stereocenters. The summed E-state index contributed by atoms with van der Waals surface area (Å²) in [6.07, 6.45) is 0.0165. The lowest BCUT2D eigenvalue weighted by atomic mass is 10.1. The van der Waals surface area contributed by atoms with E-state index in [-0.39, 0.29) is 18.9 Å². The molecule has 2 aromatic carbocycles. The standard InChI is InChI=1S/C23H24N2O7/c1-3-31-19-10-8-18(9-11-19)25-13-16(12-21(25)27)23(29)32-14-20(26)24-17-6-4-15(5-7-17)22(28)30-2/h4-11,16H,3,12-14H2,1-2H3,(H,24,26)/t16-/m1/s1. The predicted octanol–water partition coefficient (Wildman–Crippen LogP) is 2.41. The summed E-state index contributed by atoms with van der Waals surface area (Å²) in [5.74, 6) is -1.76. The molecule has 1 N–H and O–H groups in total. The van der Waals surface area contributed by atoms with Gasteiger partial charge in [-0.25, -0.2) is 4.79 Å². The van der Waals surface area contributed by atoms with Gasteiger partial charge in [0.15, 0.2) is 6.61 Å². The zero-order valence-electron chi connectivity index (χ0n) is 17.8. The first-order valence-electron chi connectivity index (χ1n) is 10.1. The van der Waals surface area contributed by atoms with E-state index in [1.807, 2.05) is 6.92 Å². The van der Waals surface area contributed by atoms with Gasteiger partial charge in [-0.05, 0) is 55.5 Å². The number of esters is 2. The Morgan fingerprint density at radius 3 is 2.38 bits per heavy atom. The van der Waals surface area contributed by atoms with Crippen LogP contribution >= 0.6 is 0 Å². The van der Waals surface area contributed by atoms with E-state index in [1.54, 1.807) is 24.3 Å². The molecular formula is C23H24N2O7. The second kappa shape index (κ2) is 10.4. The molecular weight excluding hydrogens is 416 g/mol. The lowest BCUT2D eigenvalue weighted by Gasteiger charge is -2.17. The molecule has 9 heteroatoms. The maximum Gasteiger partial charge on any atom is 0.337 e. The van der Waals surface area contributed by atoms with E-state index >= 15 is 0 Å². The number of rotatable bonds is 8. The summed E-state index contributed by atoms with van der Waals surface area (Å²) in [6, 6.07) is 13.1. The molecule has 0 bridgehead atoms. The second-order valence-corrected chi connectivity index (χ2v) is 7.06. The van der Waals surface area contributed by atoms with Crippen LogP contribution in [0.5, 0.6) is 5.75 Å². The first kappa shape index (κ1) is 22.8. The summed E-state index contributed by atoms with van der Waals surface area (Å²) in [6.45, 7) is 2.13. The molecule has 0 spiro atoms. The van der Waals surface area contributed by atoms with Crippen LogP contribution in [0.3, 0.4) is 0 Å². The molecule has 0 saturated carbocycles. The van der Waals surface area contributed by atoms with Crippen LogP contribution < -0.4 is 15.0 Å². The van der Waals surface area contributed by atoms with Gasteiger partial charge in [-0.15, -0.1) is 0 Å². The van der Waals surface area contributed by atoms with Crippen molar-refractivity contribution in [2.45, 2.75) is 13.3 Å². The summed E-state index contributed by atoms with van der Waals surface area (Å²) in [4.78, 5) is 49.7. The number of carbonyl (C=O) groups is 4. The van der Waals surface area contributed by atoms with Gasteiger partial charge in [0.2, 0.25) is 5.91 Å². The van der Waals surface area contributed by atoms with E-state index in [9.17, 15) is 19.2 Å². The van der Waals surface area contributed by atoms with Crippen molar-refractivity contribution in [1.29, 1.82) is 0 Å². The van der Waals surface area contributed by atoms with Gasteiger partial charge in [0.25, 0.3) is 5.91 Å². The fraction of sp³-hybridized carbons (Fsp3) is 0.304. The zero-order valence-corrected chi connectivity index (χ0v) is 17.8. The zero-order chi connectivity index (χ0) is 23.1. The third-order valence-corrected chi connectivity index (χ3v) is 4.85. The molecule has 2 aromatic rings. The molecule has 0 aliphatic carbocycles. The highest BCUT2D eigenvalue weighted by molar-refractivity contribution is 6.00. The number of amides is 2. The Bertz CT molecular complexity index is 986. The maximum atomic E-state index is 12.4. The van der Waals surface area contributed by atoms with Crippen molar-refractivity contribution in [3.63, 3.8) is 0 Å². The molecule has 1 saturated heterocycles. The number of hydrogen-bond donors (Lipinski definition) is 1. The number of anilines is 2. The molecule has 1 heterocycles. The van der Waals surface area contributed by atoms with Crippen LogP contribution in [-0.4, -0.2) is 50.6 Å². The van der Waals surface area contributed by atoms with Gasteiger partial charge in [-0.3, -0.25) is 14.4 Å². The number of benzene rings is 2. The molecule has 3 rings (SSSR count). The average molecular weight is 440 g/mol. The van der Waals surface area contributed by atoms with Crippen LogP contribution in [0.1, 0.15) is 23.7 Å². The van der Waals surface area contributed by atoms with Gasteiger partial charge in [0, 0.05) is 24.3 Å². The predicted molar refractivity (Wildman–Crippen MR) is 115 cm³/mol. The normalized spacial score (nSPS) is 15.2. The lowest BCUT2D eigenvalue weighted by molar-refractivity contribution is -0.151. The minimum atomic E-state index is -0.652. The summed E-state index contributed by atoms with van der Waals surface area (Å²) in [5, 5.41) is 2.57. The molecule has 9 nitrogen and oxygen atoms in total. The van der Waals surface area contributed by atoms with E-state index in [0.29, 0.717) is 29.3 Å². The quantitative estimate of drug-likeness (QED) is 0.628. The minimum Gasteiger partial charge on any atom is -0.494 e. The fourth-order valence-electron chi connectivity index (χ4n) is 3.26. The molecule has 168 valence electrons. The molecule has 1 aliphatic heterocycles. The van der Waals surface area contributed by atoms with Crippen LogP contribution in [0.2, 0.25) is 0 Å². The van der Waals surface area contributed by atoms with Crippen LogP contribution in [-0.2, 0) is 23.9 Å². The summed E-state index contributed by atoms with van der Waals surface area (Å²) < 4.78 is 15.1. The Hall–Kier alpha value is -3.88. The Kier molecular flexibility index (Phi) is 7.43. The van der Waals surface area contributed by atoms with Gasteiger partial charge in [-0.1, -0.05) is 0 Å². The fourth-order valence-corrected chi connectivity index (χ4v) is 3.26. The van der Waals surface area contributed by atoms with Crippen molar-refractivity contribution < 1.29 is 33.4 Å². The monoisotopic (exact) mass is 440 g/mol.